The van der Waals surface area contributed by atoms with E-state index >= 15 is 0 Å². The third-order valence-corrected chi connectivity index (χ3v) is 4.84. The minimum Gasteiger partial charge on any atom is -0.460 e. The van der Waals surface area contributed by atoms with Crippen LogP contribution in [0.4, 0.5) is 0 Å². The number of amides is 1. The molecule has 6 nitrogen and oxygen atoms in total. The second-order valence-electron chi connectivity index (χ2n) is 6.57. The number of hydrogen-bond acceptors (Lipinski definition) is 5. The number of methoxy groups -OCH3 is 1. The summed E-state index contributed by atoms with van der Waals surface area (Å²) < 4.78 is 16.4. The summed E-state index contributed by atoms with van der Waals surface area (Å²) in [6.45, 7) is 8.54. The van der Waals surface area contributed by atoms with Crippen molar-refractivity contribution in [1.82, 2.24) is 5.32 Å². The van der Waals surface area contributed by atoms with Crippen molar-refractivity contribution in [2.45, 2.75) is 34.1 Å². The number of benzene rings is 1. The molecule has 0 bridgehead atoms. The van der Waals surface area contributed by atoms with Gasteiger partial charge in [0.15, 0.2) is 0 Å². The predicted octanol–water partition coefficient (Wildman–Crippen LogP) is 3.08. The Balaban J connectivity index is 2.16. The summed E-state index contributed by atoms with van der Waals surface area (Å²) in [4.78, 5) is 24.6. The number of hydrogen-bond donors (Lipinski definition) is 1. The minimum absolute atomic E-state index is 0.0398. The Kier molecular flexibility index (Phi) is 4.87. The van der Waals surface area contributed by atoms with Gasteiger partial charge in [0.1, 0.15) is 16.9 Å². The van der Waals surface area contributed by atoms with E-state index in [1.165, 1.54) is 0 Å². The van der Waals surface area contributed by atoms with Gasteiger partial charge in [-0.2, -0.15) is 0 Å². The van der Waals surface area contributed by atoms with E-state index in [1.54, 1.807) is 7.11 Å². The second kappa shape index (κ2) is 6.96. The zero-order valence-electron chi connectivity index (χ0n) is 15.7. The molecule has 0 saturated carbocycles. The lowest BCUT2D eigenvalue weighted by molar-refractivity contribution is -0.120. The number of carbonyl (C=O) groups is 1. The fourth-order valence-electron chi connectivity index (χ4n) is 3.35. The van der Waals surface area contributed by atoms with Crippen molar-refractivity contribution in [2.24, 2.45) is 0 Å². The van der Waals surface area contributed by atoms with Gasteiger partial charge in [-0.3, -0.25) is 4.79 Å². The molecular weight excluding hydrogens is 334 g/mol. The number of fused-ring (bicyclic) bond motifs is 3. The molecule has 138 valence electrons. The van der Waals surface area contributed by atoms with Crippen LogP contribution in [-0.2, 0) is 16.0 Å². The van der Waals surface area contributed by atoms with E-state index in [2.05, 4.69) is 5.32 Å². The maximum Gasteiger partial charge on any atom is 0.340 e. The molecule has 1 aromatic carbocycles. The highest BCUT2D eigenvalue weighted by Crippen LogP contribution is 2.35. The zero-order valence-corrected chi connectivity index (χ0v) is 15.7. The van der Waals surface area contributed by atoms with E-state index in [9.17, 15) is 9.59 Å². The van der Waals surface area contributed by atoms with Crippen LogP contribution < -0.4 is 10.9 Å². The van der Waals surface area contributed by atoms with Crippen molar-refractivity contribution in [1.29, 1.82) is 0 Å². The summed E-state index contributed by atoms with van der Waals surface area (Å²) >= 11 is 0. The molecule has 0 atom stereocenters. The van der Waals surface area contributed by atoms with Crippen LogP contribution in [0.15, 0.2) is 19.7 Å². The molecule has 0 aliphatic carbocycles. The first kappa shape index (κ1) is 18.2. The van der Waals surface area contributed by atoms with E-state index in [-0.39, 0.29) is 12.3 Å². The Labute approximate surface area is 151 Å². The van der Waals surface area contributed by atoms with E-state index in [0.717, 1.165) is 33.2 Å². The van der Waals surface area contributed by atoms with Crippen LogP contribution in [0.25, 0.3) is 21.9 Å². The lowest BCUT2D eigenvalue weighted by atomic mass is 9.98. The molecule has 3 aromatic rings. The van der Waals surface area contributed by atoms with Crippen LogP contribution in [0.3, 0.4) is 0 Å². The topological polar surface area (TPSA) is 81.7 Å². The summed E-state index contributed by atoms with van der Waals surface area (Å²) in [6.07, 6.45) is -0.0398. The average molecular weight is 357 g/mol. The molecular formula is C20H23NO5. The molecule has 0 radical (unpaired) electrons. The maximum atomic E-state index is 12.4. The van der Waals surface area contributed by atoms with Crippen LogP contribution in [0, 0.1) is 27.7 Å². The molecule has 1 amide bonds. The molecule has 0 unspecified atom stereocenters. The van der Waals surface area contributed by atoms with Crippen molar-refractivity contribution in [2.75, 3.05) is 20.3 Å². The summed E-state index contributed by atoms with van der Waals surface area (Å²) in [5.74, 6) is 0.590. The Hall–Kier alpha value is -2.60. The summed E-state index contributed by atoms with van der Waals surface area (Å²) in [6, 6.07) is 1.86. The molecule has 0 aliphatic heterocycles. The molecule has 0 aliphatic rings. The quantitative estimate of drug-likeness (QED) is 0.560. The molecule has 0 spiro atoms. The van der Waals surface area contributed by atoms with Crippen molar-refractivity contribution < 1.29 is 18.4 Å². The number of furan rings is 1. The van der Waals surface area contributed by atoms with Crippen LogP contribution in [0.2, 0.25) is 0 Å². The first-order valence-electron chi connectivity index (χ1n) is 8.56. The van der Waals surface area contributed by atoms with Gasteiger partial charge in [0.25, 0.3) is 0 Å². The fraction of sp³-hybridized carbons (Fsp3) is 0.400. The van der Waals surface area contributed by atoms with E-state index in [0.29, 0.717) is 29.9 Å². The SMILES string of the molecule is COCCNC(=O)Cc1c(C)c2c(cc(C)c3c(C)c(C)oc32)oc1=O. The van der Waals surface area contributed by atoms with Crippen LogP contribution in [0.5, 0.6) is 0 Å². The third kappa shape index (κ3) is 3.01. The number of nitrogens with one attached hydrogen (secondary N) is 1. The number of carbonyl (C=O) groups excluding carboxylic acids is 1. The molecule has 26 heavy (non-hydrogen) atoms. The average Bonchev–Trinajstić information content (AvgIpc) is 2.87. The molecule has 1 N–H and O–H groups in total. The lowest BCUT2D eigenvalue weighted by Crippen LogP contribution is -2.30. The molecule has 2 aromatic heterocycles. The molecule has 2 heterocycles. The van der Waals surface area contributed by atoms with Crippen LogP contribution >= 0.6 is 0 Å². The first-order chi connectivity index (χ1) is 12.3. The number of ether oxygens (including phenoxy) is 1. The van der Waals surface area contributed by atoms with Crippen molar-refractivity contribution in [3.63, 3.8) is 0 Å². The van der Waals surface area contributed by atoms with Crippen molar-refractivity contribution >= 4 is 27.8 Å². The highest BCUT2D eigenvalue weighted by atomic mass is 16.5. The smallest absolute Gasteiger partial charge is 0.340 e. The molecule has 6 heteroatoms. The Morgan fingerprint density at radius 2 is 1.85 bits per heavy atom. The van der Waals surface area contributed by atoms with Gasteiger partial charge in [-0.05, 0) is 50.5 Å². The third-order valence-electron chi connectivity index (χ3n) is 4.84. The Morgan fingerprint density at radius 3 is 2.54 bits per heavy atom. The first-order valence-corrected chi connectivity index (χ1v) is 8.56. The summed E-state index contributed by atoms with van der Waals surface area (Å²) in [5.41, 5.74) is 3.84. The van der Waals surface area contributed by atoms with Gasteiger partial charge < -0.3 is 18.9 Å². The second-order valence-corrected chi connectivity index (χ2v) is 6.57. The van der Waals surface area contributed by atoms with E-state index in [4.69, 9.17) is 13.6 Å². The summed E-state index contributed by atoms with van der Waals surface area (Å²) in [5, 5.41) is 4.51. The fourth-order valence-corrected chi connectivity index (χ4v) is 3.35. The van der Waals surface area contributed by atoms with Gasteiger partial charge in [0.2, 0.25) is 5.91 Å². The molecule has 3 rings (SSSR count). The monoisotopic (exact) mass is 357 g/mol. The highest BCUT2D eigenvalue weighted by Gasteiger charge is 2.20. The lowest BCUT2D eigenvalue weighted by Gasteiger charge is -2.10. The Bertz CT molecular complexity index is 1060. The molecule has 0 fully saturated rings. The van der Waals surface area contributed by atoms with Gasteiger partial charge in [-0.15, -0.1) is 0 Å². The van der Waals surface area contributed by atoms with Gasteiger partial charge in [-0.25, -0.2) is 4.79 Å². The van der Waals surface area contributed by atoms with Crippen LogP contribution in [-0.4, -0.2) is 26.2 Å². The van der Waals surface area contributed by atoms with Gasteiger partial charge in [-0.1, -0.05) is 0 Å². The van der Waals surface area contributed by atoms with Crippen LogP contribution in [0.1, 0.15) is 28.0 Å². The zero-order chi connectivity index (χ0) is 19.0. The largest absolute Gasteiger partial charge is 0.460 e. The maximum absolute atomic E-state index is 12.4. The molecule has 0 saturated heterocycles. The minimum atomic E-state index is -0.490. The van der Waals surface area contributed by atoms with Gasteiger partial charge >= 0.3 is 5.63 Å². The highest BCUT2D eigenvalue weighted by molar-refractivity contribution is 6.07. The summed E-state index contributed by atoms with van der Waals surface area (Å²) in [7, 11) is 1.56. The van der Waals surface area contributed by atoms with Gasteiger partial charge in [0, 0.05) is 19.0 Å². The number of rotatable bonds is 5. The number of aryl methyl sites for hydroxylation is 4. The van der Waals surface area contributed by atoms with Gasteiger partial charge in [0.05, 0.1) is 24.0 Å². The van der Waals surface area contributed by atoms with E-state index in [1.807, 2.05) is 33.8 Å². The standard InChI is InChI=1S/C20H23NO5/c1-10-8-15-18(19-17(10)11(2)13(4)25-19)12(3)14(20(23)26-15)9-16(22)21-6-7-24-5/h8H,6-7,9H2,1-5H3,(H,21,22). The van der Waals surface area contributed by atoms with E-state index < -0.39 is 5.63 Å². The predicted molar refractivity (Wildman–Crippen MR) is 99.8 cm³/mol. The van der Waals surface area contributed by atoms with Crippen molar-refractivity contribution in [3.8, 4) is 0 Å². The Morgan fingerprint density at radius 1 is 1.12 bits per heavy atom. The normalized spacial score (nSPS) is 11.4. The van der Waals surface area contributed by atoms with Crippen molar-refractivity contribution in [3.05, 3.63) is 44.5 Å².